The van der Waals surface area contributed by atoms with Gasteiger partial charge in [-0.25, -0.2) is 4.39 Å². The summed E-state index contributed by atoms with van der Waals surface area (Å²) in [5.41, 5.74) is 2.14. The van der Waals surface area contributed by atoms with Gasteiger partial charge in [-0.15, -0.1) is 0 Å². The first-order valence-corrected chi connectivity index (χ1v) is 8.86. The number of hydrogen-bond acceptors (Lipinski definition) is 3. The molecule has 25 heavy (non-hydrogen) atoms. The van der Waals surface area contributed by atoms with Gasteiger partial charge in [0.2, 0.25) is 0 Å². The molecule has 1 saturated carbocycles. The number of halogens is 1. The van der Waals surface area contributed by atoms with Crippen molar-refractivity contribution in [3.8, 4) is 5.75 Å². The van der Waals surface area contributed by atoms with Crippen LogP contribution in [0.15, 0.2) is 24.4 Å². The number of fused-ring (bicyclic) bond motifs is 1. The highest BCUT2D eigenvalue weighted by Crippen LogP contribution is 2.38. The van der Waals surface area contributed by atoms with Crippen LogP contribution >= 0.6 is 0 Å². The number of benzene rings is 1. The Morgan fingerprint density at radius 1 is 1.36 bits per heavy atom. The molecule has 2 atom stereocenters. The Morgan fingerprint density at radius 3 is 2.88 bits per heavy atom. The van der Waals surface area contributed by atoms with Crippen molar-refractivity contribution >= 4 is 5.91 Å². The number of aromatic nitrogens is 2. The minimum atomic E-state index is -0.397. The summed E-state index contributed by atoms with van der Waals surface area (Å²) in [5.74, 6) is -0.357. The van der Waals surface area contributed by atoms with Crippen LogP contribution in [0.3, 0.4) is 0 Å². The SMILES string of the molecule is Cc1c(C(=O)N[C@H]2c3cccc(F)c3O[C@@H]2C)cnn1C1CCCC1. The van der Waals surface area contributed by atoms with Crippen molar-refractivity contribution in [3.63, 3.8) is 0 Å². The third-order valence-corrected chi connectivity index (χ3v) is 5.35. The van der Waals surface area contributed by atoms with Crippen LogP contribution in [0.5, 0.6) is 5.75 Å². The van der Waals surface area contributed by atoms with E-state index in [4.69, 9.17) is 4.74 Å². The molecule has 0 bridgehead atoms. The standard InChI is InChI=1S/C19H22FN3O2/c1-11-15(10-21-23(11)13-6-3-4-7-13)19(24)22-17-12(2)25-18-14(17)8-5-9-16(18)20/h5,8-10,12-13,17H,3-4,6-7H2,1-2H3,(H,22,24)/t12-,17-/m1/s1. The van der Waals surface area contributed by atoms with E-state index >= 15 is 0 Å². The molecule has 1 aromatic carbocycles. The highest BCUT2D eigenvalue weighted by atomic mass is 19.1. The Balaban J connectivity index is 1.56. The average Bonchev–Trinajstić information content (AvgIpc) is 3.29. The number of amides is 1. The maximum Gasteiger partial charge on any atom is 0.255 e. The second kappa shape index (κ2) is 6.17. The monoisotopic (exact) mass is 343 g/mol. The van der Waals surface area contributed by atoms with Gasteiger partial charge in [0.05, 0.1) is 23.8 Å². The maximum absolute atomic E-state index is 13.9. The van der Waals surface area contributed by atoms with Crippen molar-refractivity contribution in [2.75, 3.05) is 0 Å². The van der Waals surface area contributed by atoms with Gasteiger partial charge in [-0.3, -0.25) is 9.48 Å². The van der Waals surface area contributed by atoms with Crippen molar-refractivity contribution < 1.29 is 13.9 Å². The minimum absolute atomic E-state index is 0.195. The van der Waals surface area contributed by atoms with Crippen molar-refractivity contribution in [1.29, 1.82) is 0 Å². The lowest BCUT2D eigenvalue weighted by Crippen LogP contribution is -2.34. The molecule has 1 fully saturated rings. The Hall–Kier alpha value is -2.37. The summed E-state index contributed by atoms with van der Waals surface area (Å²) in [6.07, 6.45) is 5.97. The summed E-state index contributed by atoms with van der Waals surface area (Å²) < 4.78 is 21.5. The number of para-hydroxylation sites is 1. The molecule has 4 rings (SSSR count). The Bertz CT molecular complexity index is 811. The summed E-state index contributed by atoms with van der Waals surface area (Å²) in [4.78, 5) is 12.8. The first-order chi connectivity index (χ1) is 12.1. The number of nitrogens with one attached hydrogen (secondary N) is 1. The van der Waals surface area contributed by atoms with Crippen molar-refractivity contribution in [3.05, 3.63) is 47.0 Å². The molecule has 0 radical (unpaired) electrons. The first-order valence-electron chi connectivity index (χ1n) is 8.86. The number of carbonyl (C=O) groups is 1. The zero-order valence-electron chi connectivity index (χ0n) is 14.5. The van der Waals surface area contributed by atoms with Crippen LogP contribution in [0.25, 0.3) is 0 Å². The molecule has 0 spiro atoms. The van der Waals surface area contributed by atoms with E-state index in [0.29, 0.717) is 17.2 Å². The van der Waals surface area contributed by atoms with Crippen LogP contribution < -0.4 is 10.1 Å². The van der Waals surface area contributed by atoms with Crippen LogP contribution in [0.4, 0.5) is 4.39 Å². The number of ether oxygens (including phenoxy) is 1. The van der Waals surface area contributed by atoms with E-state index in [1.165, 1.54) is 18.9 Å². The van der Waals surface area contributed by atoms with Gasteiger partial charge < -0.3 is 10.1 Å². The number of rotatable bonds is 3. The number of nitrogens with zero attached hydrogens (tertiary/aromatic N) is 2. The molecule has 0 saturated heterocycles. The maximum atomic E-state index is 13.9. The van der Waals surface area contributed by atoms with E-state index in [-0.39, 0.29) is 23.8 Å². The zero-order valence-corrected chi connectivity index (χ0v) is 14.5. The molecule has 132 valence electrons. The van der Waals surface area contributed by atoms with Gasteiger partial charge in [-0.1, -0.05) is 25.0 Å². The molecular formula is C19H22FN3O2. The third-order valence-electron chi connectivity index (χ3n) is 5.35. The zero-order chi connectivity index (χ0) is 17.6. The van der Waals surface area contributed by atoms with Gasteiger partial charge in [-0.05, 0) is 32.8 Å². The molecule has 0 unspecified atom stereocenters. The Kier molecular flexibility index (Phi) is 3.98. The average molecular weight is 343 g/mol. The highest BCUT2D eigenvalue weighted by molar-refractivity contribution is 5.95. The van der Waals surface area contributed by atoms with Gasteiger partial charge in [-0.2, -0.15) is 5.10 Å². The molecule has 2 aliphatic rings. The van der Waals surface area contributed by atoms with Crippen LogP contribution in [0.1, 0.15) is 66.3 Å². The largest absolute Gasteiger partial charge is 0.485 e. The fourth-order valence-corrected chi connectivity index (χ4v) is 3.98. The lowest BCUT2D eigenvalue weighted by Gasteiger charge is -2.17. The molecule has 6 heteroatoms. The fraction of sp³-hybridized carbons (Fsp3) is 0.474. The van der Waals surface area contributed by atoms with Crippen molar-refractivity contribution in [1.82, 2.24) is 15.1 Å². The molecule has 1 aliphatic carbocycles. The van der Waals surface area contributed by atoms with Gasteiger partial charge >= 0.3 is 0 Å². The van der Waals surface area contributed by atoms with Gasteiger partial charge in [0.25, 0.3) is 5.91 Å². The van der Waals surface area contributed by atoms with Crippen LogP contribution in [0, 0.1) is 12.7 Å². The molecule has 1 aromatic heterocycles. The number of hydrogen-bond donors (Lipinski definition) is 1. The summed E-state index contributed by atoms with van der Waals surface area (Å²) >= 11 is 0. The quantitative estimate of drug-likeness (QED) is 0.924. The smallest absolute Gasteiger partial charge is 0.255 e. The summed E-state index contributed by atoms with van der Waals surface area (Å²) in [6, 6.07) is 4.82. The second-order valence-corrected chi connectivity index (χ2v) is 6.96. The predicted octanol–water partition coefficient (Wildman–Crippen LogP) is 3.70. The normalized spacial score (nSPS) is 22.7. The second-order valence-electron chi connectivity index (χ2n) is 6.96. The summed E-state index contributed by atoms with van der Waals surface area (Å²) in [6.45, 7) is 3.77. The van der Waals surface area contributed by atoms with Gasteiger partial charge in [0.15, 0.2) is 11.6 Å². The van der Waals surface area contributed by atoms with Crippen molar-refractivity contribution in [2.45, 2.75) is 57.7 Å². The van der Waals surface area contributed by atoms with Crippen LogP contribution in [-0.4, -0.2) is 21.8 Å². The highest BCUT2D eigenvalue weighted by Gasteiger charge is 2.35. The lowest BCUT2D eigenvalue weighted by atomic mass is 10.0. The van der Waals surface area contributed by atoms with Gasteiger partial charge in [0.1, 0.15) is 6.10 Å². The summed E-state index contributed by atoms with van der Waals surface area (Å²) in [7, 11) is 0. The lowest BCUT2D eigenvalue weighted by molar-refractivity contribution is 0.0907. The molecule has 1 aliphatic heterocycles. The van der Waals surface area contributed by atoms with Crippen molar-refractivity contribution in [2.24, 2.45) is 0 Å². The number of carbonyl (C=O) groups excluding carboxylic acids is 1. The molecule has 1 N–H and O–H groups in total. The van der Waals surface area contributed by atoms with E-state index in [9.17, 15) is 9.18 Å². The molecule has 2 aromatic rings. The molecule has 5 nitrogen and oxygen atoms in total. The van der Waals surface area contributed by atoms with E-state index < -0.39 is 5.82 Å². The Labute approximate surface area is 146 Å². The van der Waals surface area contributed by atoms with Crippen LogP contribution in [-0.2, 0) is 0 Å². The predicted molar refractivity (Wildman–Crippen MR) is 91.2 cm³/mol. The van der Waals surface area contributed by atoms with Crippen LogP contribution in [0.2, 0.25) is 0 Å². The van der Waals surface area contributed by atoms with E-state index in [0.717, 1.165) is 18.5 Å². The molecule has 2 heterocycles. The van der Waals surface area contributed by atoms with E-state index in [1.807, 2.05) is 18.5 Å². The molecule has 1 amide bonds. The topological polar surface area (TPSA) is 56.1 Å². The van der Waals surface area contributed by atoms with E-state index in [2.05, 4.69) is 10.4 Å². The van der Waals surface area contributed by atoms with Gasteiger partial charge in [0, 0.05) is 11.3 Å². The Morgan fingerprint density at radius 2 is 2.12 bits per heavy atom. The first kappa shape index (κ1) is 16.1. The van der Waals surface area contributed by atoms with E-state index in [1.54, 1.807) is 18.3 Å². The minimum Gasteiger partial charge on any atom is -0.485 e. The third kappa shape index (κ3) is 2.69. The summed E-state index contributed by atoms with van der Waals surface area (Å²) in [5, 5.41) is 7.42. The fourth-order valence-electron chi connectivity index (χ4n) is 3.98. The molecular weight excluding hydrogens is 321 g/mol.